The van der Waals surface area contributed by atoms with Gasteiger partial charge in [-0.1, -0.05) is 23.2 Å². The number of carbonyl (C=O) groups is 2. The van der Waals surface area contributed by atoms with Gasteiger partial charge in [-0.05, 0) is 31.0 Å². The molecule has 7 nitrogen and oxygen atoms in total. The number of amides is 2. The quantitative estimate of drug-likeness (QED) is 0.853. The monoisotopic (exact) mass is 379 g/mol. The molecule has 1 aliphatic heterocycles. The Kier molecular flexibility index (Phi) is 5.06. The molecule has 1 aliphatic rings. The van der Waals surface area contributed by atoms with Gasteiger partial charge in [0.15, 0.2) is 11.5 Å². The lowest BCUT2D eigenvalue weighted by atomic mass is 10.2. The molecule has 1 aromatic carbocycles. The van der Waals surface area contributed by atoms with Gasteiger partial charge in [-0.25, -0.2) is 9.97 Å². The minimum Gasteiger partial charge on any atom is -0.382 e. The summed E-state index contributed by atoms with van der Waals surface area (Å²) in [5.41, 5.74) is 6.24. The minimum absolute atomic E-state index is 0.0418. The van der Waals surface area contributed by atoms with E-state index >= 15 is 0 Å². The number of likely N-dealkylation sites (tertiary alicyclic amines) is 1. The van der Waals surface area contributed by atoms with Crippen LogP contribution in [0.5, 0.6) is 0 Å². The van der Waals surface area contributed by atoms with Crippen molar-refractivity contribution in [2.24, 2.45) is 0 Å². The molecule has 25 heavy (non-hydrogen) atoms. The van der Waals surface area contributed by atoms with E-state index in [1.165, 1.54) is 17.3 Å². The number of carbonyl (C=O) groups excluding carboxylic acids is 2. The van der Waals surface area contributed by atoms with Crippen LogP contribution in [0.25, 0.3) is 0 Å². The van der Waals surface area contributed by atoms with E-state index in [1.54, 1.807) is 18.2 Å². The predicted octanol–water partition coefficient (Wildman–Crippen LogP) is 2.61. The summed E-state index contributed by atoms with van der Waals surface area (Å²) >= 11 is 11.9. The van der Waals surface area contributed by atoms with E-state index in [0.717, 1.165) is 0 Å². The Morgan fingerprint density at radius 2 is 1.84 bits per heavy atom. The van der Waals surface area contributed by atoms with Crippen molar-refractivity contribution in [3.05, 3.63) is 46.3 Å². The van der Waals surface area contributed by atoms with Gasteiger partial charge in [0.2, 0.25) is 5.91 Å². The number of hydrogen-bond donors (Lipinski definition) is 2. The zero-order valence-electron chi connectivity index (χ0n) is 13.1. The van der Waals surface area contributed by atoms with Crippen molar-refractivity contribution < 1.29 is 9.59 Å². The summed E-state index contributed by atoms with van der Waals surface area (Å²) in [6.45, 7) is 0.448. The molecular weight excluding hydrogens is 365 g/mol. The van der Waals surface area contributed by atoms with Crippen molar-refractivity contribution in [1.29, 1.82) is 0 Å². The molecule has 0 saturated carbocycles. The molecule has 2 heterocycles. The molecule has 1 atom stereocenters. The van der Waals surface area contributed by atoms with Gasteiger partial charge in [-0.15, -0.1) is 0 Å². The average Bonchev–Trinajstić information content (AvgIpc) is 3.03. The highest BCUT2D eigenvalue weighted by molar-refractivity contribution is 6.35. The van der Waals surface area contributed by atoms with Crippen molar-refractivity contribution in [1.82, 2.24) is 14.9 Å². The summed E-state index contributed by atoms with van der Waals surface area (Å²) in [5.74, 6) is -0.681. The van der Waals surface area contributed by atoms with Crippen LogP contribution in [0, 0.1) is 0 Å². The Labute approximate surface area is 154 Å². The van der Waals surface area contributed by atoms with Crippen LogP contribution < -0.4 is 11.1 Å². The first-order chi connectivity index (χ1) is 12.0. The van der Waals surface area contributed by atoms with Crippen LogP contribution in [0.1, 0.15) is 23.3 Å². The smallest absolute Gasteiger partial charge is 0.276 e. The molecule has 1 aromatic heterocycles. The number of rotatable bonds is 3. The maximum atomic E-state index is 12.7. The Morgan fingerprint density at radius 1 is 1.16 bits per heavy atom. The van der Waals surface area contributed by atoms with E-state index < -0.39 is 11.9 Å². The molecule has 0 radical (unpaired) electrons. The molecule has 9 heteroatoms. The van der Waals surface area contributed by atoms with Crippen molar-refractivity contribution in [3.8, 4) is 0 Å². The molecule has 2 amide bonds. The number of halogens is 2. The number of nitrogens with zero attached hydrogens (tertiary/aromatic N) is 3. The Morgan fingerprint density at radius 3 is 2.52 bits per heavy atom. The first-order valence-electron chi connectivity index (χ1n) is 7.60. The van der Waals surface area contributed by atoms with Crippen LogP contribution >= 0.6 is 23.2 Å². The number of nitrogen functional groups attached to an aromatic ring is 1. The van der Waals surface area contributed by atoms with Gasteiger partial charge in [-0.2, -0.15) is 0 Å². The second-order valence-corrected chi connectivity index (χ2v) is 6.47. The highest BCUT2D eigenvalue weighted by Gasteiger charge is 2.36. The largest absolute Gasteiger partial charge is 0.382 e. The highest BCUT2D eigenvalue weighted by Crippen LogP contribution is 2.25. The zero-order valence-corrected chi connectivity index (χ0v) is 14.6. The zero-order chi connectivity index (χ0) is 18.0. The number of nitrogens with two attached hydrogens (primary N) is 1. The fraction of sp³-hybridized carbons (Fsp3) is 0.250. The van der Waals surface area contributed by atoms with Crippen LogP contribution in [0.2, 0.25) is 10.0 Å². The maximum Gasteiger partial charge on any atom is 0.276 e. The first kappa shape index (κ1) is 17.4. The summed E-state index contributed by atoms with van der Waals surface area (Å²) in [5, 5.41) is 3.57. The lowest BCUT2D eigenvalue weighted by molar-refractivity contribution is -0.119. The molecule has 1 unspecified atom stereocenters. The van der Waals surface area contributed by atoms with Gasteiger partial charge < -0.3 is 16.0 Å². The van der Waals surface area contributed by atoms with Gasteiger partial charge in [0.05, 0.1) is 0 Å². The molecule has 130 valence electrons. The Bertz CT molecular complexity index is 810. The summed E-state index contributed by atoms with van der Waals surface area (Å²) in [4.78, 5) is 34.6. The van der Waals surface area contributed by atoms with Gasteiger partial charge in [0.1, 0.15) is 6.04 Å². The van der Waals surface area contributed by atoms with Crippen molar-refractivity contribution in [2.75, 3.05) is 17.6 Å². The van der Waals surface area contributed by atoms with Crippen LogP contribution in [0.15, 0.2) is 30.6 Å². The maximum absolute atomic E-state index is 12.7. The lowest BCUT2D eigenvalue weighted by Crippen LogP contribution is -2.43. The number of hydrogen-bond acceptors (Lipinski definition) is 5. The molecule has 3 N–H and O–H groups in total. The Balaban J connectivity index is 1.78. The SMILES string of the molecule is Nc1nccnc1C(=O)N1CCCC1C(=O)Nc1cc(Cl)cc(Cl)c1. The van der Waals surface area contributed by atoms with Crippen LogP contribution in [0.3, 0.4) is 0 Å². The lowest BCUT2D eigenvalue weighted by Gasteiger charge is -2.24. The minimum atomic E-state index is -0.619. The second kappa shape index (κ2) is 7.25. The molecule has 1 fully saturated rings. The van der Waals surface area contributed by atoms with Gasteiger partial charge in [-0.3, -0.25) is 9.59 Å². The van der Waals surface area contributed by atoms with Crippen LogP contribution in [-0.4, -0.2) is 39.3 Å². The number of nitrogens with one attached hydrogen (secondary N) is 1. The molecule has 0 aliphatic carbocycles. The third kappa shape index (κ3) is 3.83. The van der Waals surface area contributed by atoms with Gasteiger partial charge in [0.25, 0.3) is 5.91 Å². The molecule has 0 spiro atoms. The summed E-state index contributed by atoms with van der Waals surface area (Å²) in [6.07, 6.45) is 4.05. The van der Waals surface area contributed by atoms with E-state index in [-0.39, 0.29) is 17.4 Å². The van der Waals surface area contributed by atoms with E-state index in [1.807, 2.05) is 0 Å². The average molecular weight is 380 g/mol. The van der Waals surface area contributed by atoms with Crippen molar-refractivity contribution >= 4 is 46.5 Å². The van der Waals surface area contributed by atoms with Gasteiger partial charge in [0, 0.05) is 34.7 Å². The second-order valence-electron chi connectivity index (χ2n) is 5.59. The molecule has 0 bridgehead atoms. The molecule has 3 rings (SSSR count). The standard InChI is InChI=1S/C16H15Cl2N5O2/c17-9-6-10(18)8-11(7-9)22-15(24)12-2-1-5-23(12)16(25)13-14(19)21-4-3-20-13/h3-4,6-8,12H,1-2,5H2,(H2,19,21)(H,22,24). The normalized spacial score (nSPS) is 16.7. The topological polar surface area (TPSA) is 101 Å². The fourth-order valence-corrected chi connectivity index (χ4v) is 3.31. The molecule has 1 saturated heterocycles. The fourth-order valence-electron chi connectivity index (χ4n) is 2.78. The third-order valence-electron chi connectivity index (χ3n) is 3.88. The van der Waals surface area contributed by atoms with Crippen LogP contribution in [-0.2, 0) is 4.79 Å². The highest BCUT2D eigenvalue weighted by atomic mass is 35.5. The van der Waals surface area contributed by atoms with Crippen molar-refractivity contribution in [3.63, 3.8) is 0 Å². The Hall–Kier alpha value is -2.38. The third-order valence-corrected chi connectivity index (χ3v) is 4.31. The van der Waals surface area contributed by atoms with E-state index in [9.17, 15) is 9.59 Å². The number of benzene rings is 1. The number of aromatic nitrogens is 2. The van der Waals surface area contributed by atoms with E-state index in [2.05, 4.69) is 15.3 Å². The summed E-state index contributed by atoms with van der Waals surface area (Å²) in [6, 6.07) is 4.13. The first-order valence-corrected chi connectivity index (χ1v) is 8.35. The molecular formula is C16H15Cl2N5O2. The van der Waals surface area contributed by atoms with E-state index in [4.69, 9.17) is 28.9 Å². The van der Waals surface area contributed by atoms with Gasteiger partial charge >= 0.3 is 0 Å². The van der Waals surface area contributed by atoms with Crippen LogP contribution in [0.4, 0.5) is 11.5 Å². The predicted molar refractivity (Wildman–Crippen MR) is 95.6 cm³/mol. The number of anilines is 2. The van der Waals surface area contributed by atoms with E-state index in [0.29, 0.717) is 35.1 Å². The summed E-state index contributed by atoms with van der Waals surface area (Å²) in [7, 11) is 0. The summed E-state index contributed by atoms with van der Waals surface area (Å²) < 4.78 is 0. The van der Waals surface area contributed by atoms with Crippen molar-refractivity contribution in [2.45, 2.75) is 18.9 Å². The molecule has 2 aromatic rings.